The Morgan fingerprint density at radius 1 is 1.50 bits per heavy atom. The molecule has 1 aliphatic rings. The molecule has 18 heavy (non-hydrogen) atoms. The summed E-state index contributed by atoms with van der Waals surface area (Å²) in [6, 6.07) is 1.47. The van der Waals surface area contributed by atoms with E-state index in [9.17, 15) is 15.2 Å². The maximum atomic E-state index is 11.0. The summed E-state index contributed by atoms with van der Waals surface area (Å²) >= 11 is 0. The Balaban J connectivity index is 2.23. The first-order valence-electron chi connectivity index (χ1n) is 6.14. The largest absolute Gasteiger partial charge is 0.391 e. The third-order valence-corrected chi connectivity index (χ3v) is 3.36. The van der Waals surface area contributed by atoms with Crippen LogP contribution in [0.4, 0.5) is 11.5 Å². The Bertz CT molecular complexity index is 450. The van der Waals surface area contributed by atoms with Gasteiger partial charge in [-0.15, -0.1) is 0 Å². The van der Waals surface area contributed by atoms with Gasteiger partial charge < -0.3 is 10.4 Å². The third kappa shape index (κ3) is 2.59. The lowest BCUT2D eigenvalue weighted by Crippen LogP contribution is -2.36. The summed E-state index contributed by atoms with van der Waals surface area (Å²) in [7, 11) is 0. The second-order valence-electron chi connectivity index (χ2n) is 4.68. The smallest absolute Gasteiger partial charge is 0.314 e. The highest BCUT2D eigenvalue weighted by atomic mass is 16.6. The van der Waals surface area contributed by atoms with E-state index < -0.39 is 11.0 Å². The van der Waals surface area contributed by atoms with Gasteiger partial charge >= 0.3 is 5.69 Å². The maximum absolute atomic E-state index is 11.0. The van der Waals surface area contributed by atoms with Crippen LogP contribution < -0.4 is 5.32 Å². The number of nitrogens with one attached hydrogen (secondary N) is 1. The van der Waals surface area contributed by atoms with Crippen molar-refractivity contribution in [3.8, 4) is 0 Å². The zero-order valence-electron chi connectivity index (χ0n) is 10.3. The fourth-order valence-corrected chi connectivity index (χ4v) is 2.34. The first-order chi connectivity index (χ1) is 8.59. The van der Waals surface area contributed by atoms with Gasteiger partial charge in [-0.05, 0) is 25.8 Å². The van der Waals surface area contributed by atoms with Crippen LogP contribution in [-0.4, -0.2) is 27.2 Å². The summed E-state index contributed by atoms with van der Waals surface area (Å²) in [6.07, 6.45) is 4.66. The second-order valence-corrected chi connectivity index (χ2v) is 4.68. The van der Waals surface area contributed by atoms with Gasteiger partial charge in [-0.3, -0.25) is 10.1 Å². The minimum absolute atomic E-state index is 0.00438. The quantitative estimate of drug-likeness (QED) is 0.633. The summed E-state index contributed by atoms with van der Waals surface area (Å²) in [5.41, 5.74) is 0.568. The van der Waals surface area contributed by atoms with Gasteiger partial charge in [-0.1, -0.05) is 12.8 Å². The van der Waals surface area contributed by atoms with Crippen LogP contribution in [0.5, 0.6) is 0 Å². The molecular formula is C12H17N3O3. The normalized spacial score (nSPS) is 23.7. The molecular weight excluding hydrogens is 234 g/mol. The molecule has 0 radical (unpaired) electrons. The van der Waals surface area contributed by atoms with Crippen LogP contribution in [0.2, 0.25) is 0 Å². The van der Waals surface area contributed by atoms with E-state index >= 15 is 0 Å². The van der Waals surface area contributed by atoms with Gasteiger partial charge in [0.1, 0.15) is 0 Å². The highest BCUT2D eigenvalue weighted by molar-refractivity contribution is 5.60. The minimum Gasteiger partial charge on any atom is -0.391 e. The molecule has 6 heteroatoms. The number of hydrogen-bond donors (Lipinski definition) is 2. The Kier molecular flexibility index (Phi) is 3.76. The van der Waals surface area contributed by atoms with E-state index in [4.69, 9.17) is 0 Å². The molecule has 0 spiro atoms. The van der Waals surface area contributed by atoms with Crippen molar-refractivity contribution >= 4 is 11.5 Å². The number of aliphatic hydroxyl groups excluding tert-OH is 1. The number of aliphatic hydroxyl groups is 1. The number of aryl methyl sites for hydroxylation is 1. The van der Waals surface area contributed by atoms with Gasteiger partial charge in [0.15, 0.2) is 0 Å². The standard InChI is InChI=1S/C12H17N3O3/c1-8-6-7-13-12(11(8)15(17)18)14-9-4-2-3-5-10(9)16/h6-7,9-10,16H,2-5H2,1H3,(H,13,14). The molecule has 0 saturated heterocycles. The van der Waals surface area contributed by atoms with E-state index in [0.717, 1.165) is 25.7 Å². The Labute approximate surface area is 105 Å². The number of nitro groups is 1. The van der Waals surface area contributed by atoms with Crippen LogP contribution in [-0.2, 0) is 0 Å². The molecule has 1 aromatic rings. The summed E-state index contributed by atoms with van der Waals surface area (Å²) in [6.45, 7) is 1.68. The number of anilines is 1. The number of nitrogens with zero attached hydrogens (tertiary/aromatic N) is 2. The molecule has 98 valence electrons. The lowest BCUT2D eigenvalue weighted by atomic mass is 9.92. The van der Waals surface area contributed by atoms with E-state index in [1.807, 2.05) is 0 Å². The molecule has 2 N–H and O–H groups in total. The molecule has 0 bridgehead atoms. The van der Waals surface area contributed by atoms with Crippen molar-refractivity contribution < 1.29 is 10.0 Å². The number of pyridine rings is 1. The van der Waals surface area contributed by atoms with E-state index in [1.165, 1.54) is 0 Å². The fraction of sp³-hybridized carbons (Fsp3) is 0.583. The average molecular weight is 251 g/mol. The molecule has 1 fully saturated rings. The zero-order chi connectivity index (χ0) is 13.1. The summed E-state index contributed by atoms with van der Waals surface area (Å²) < 4.78 is 0. The topological polar surface area (TPSA) is 88.3 Å². The minimum atomic E-state index is -0.458. The maximum Gasteiger partial charge on any atom is 0.314 e. The van der Waals surface area contributed by atoms with Gasteiger partial charge in [0.2, 0.25) is 5.82 Å². The molecule has 0 aromatic carbocycles. The lowest BCUT2D eigenvalue weighted by molar-refractivity contribution is -0.384. The van der Waals surface area contributed by atoms with E-state index in [-0.39, 0.29) is 17.5 Å². The van der Waals surface area contributed by atoms with Crippen LogP contribution in [0.3, 0.4) is 0 Å². The van der Waals surface area contributed by atoms with Gasteiger partial charge in [0.05, 0.1) is 17.1 Å². The van der Waals surface area contributed by atoms with Gasteiger partial charge in [-0.2, -0.15) is 0 Å². The molecule has 2 unspecified atom stereocenters. The Morgan fingerprint density at radius 2 is 2.22 bits per heavy atom. The molecule has 1 heterocycles. The molecule has 6 nitrogen and oxygen atoms in total. The fourth-order valence-electron chi connectivity index (χ4n) is 2.34. The molecule has 1 saturated carbocycles. The van der Waals surface area contributed by atoms with Crippen LogP contribution >= 0.6 is 0 Å². The van der Waals surface area contributed by atoms with Crippen molar-refractivity contribution in [2.24, 2.45) is 0 Å². The van der Waals surface area contributed by atoms with Crippen molar-refractivity contribution in [1.29, 1.82) is 0 Å². The number of aromatic nitrogens is 1. The zero-order valence-corrected chi connectivity index (χ0v) is 10.3. The van der Waals surface area contributed by atoms with Gasteiger partial charge in [-0.25, -0.2) is 4.98 Å². The van der Waals surface area contributed by atoms with Crippen molar-refractivity contribution in [1.82, 2.24) is 4.98 Å². The molecule has 0 amide bonds. The molecule has 1 aromatic heterocycles. The SMILES string of the molecule is Cc1ccnc(NC2CCCCC2O)c1[N+](=O)[O-]. The Morgan fingerprint density at radius 3 is 2.89 bits per heavy atom. The molecule has 0 aliphatic heterocycles. The lowest BCUT2D eigenvalue weighted by Gasteiger charge is -2.28. The Hall–Kier alpha value is -1.69. The predicted molar refractivity (Wildman–Crippen MR) is 67.5 cm³/mol. The van der Waals surface area contributed by atoms with Crippen LogP contribution in [0, 0.1) is 17.0 Å². The third-order valence-electron chi connectivity index (χ3n) is 3.36. The molecule has 2 atom stereocenters. The summed E-state index contributed by atoms with van der Waals surface area (Å²) in [5.74, 6) is 0.256. The van der Waals surface area contributed by atoms with E-state index in [1.54, 1.807) is 19.2 Å². The van der Waals surface area contributed by atoms with Gasteiger partial charge in [0, 0.05) is 11.8 Å². The average Bonchev–Trinajstić information content (AvgIpc) is 2.31. The van der Waals surface area contributed by atoms with Crippen LogP contribution in [0.15, 0.2) is 12.3 Å². The highest BCUT2D eigenvalue weighted by Crippen LogP contribution is 2.29. The van der Waals surface area contributed by atoms with Gasteiger partial charge in [0.25, 0.3) is 0 Å². The first-order valence-corrected chi connectivity index (χ1v) is 6.14. The van der Waals surface area contributed by atoms with Crippen molar-refractivity contribution in [3.05, 3.63) is 27.9 Å². The number of rotatable bonds is 3. The summed E-state index contributed by atoms with van der Waals surface area (Å²) in [4.78, 5) is 14.6. The monoisotopic (exact) mass is 251 g/mol. The second kappa shape index (κ2) is 5.30. The molecule has 1 aliphatic carbocycles. The first kappa shape index (κ1) is 12.8. The van der Waals surface area contributed by atoms with Crippen LogP contribution in [0.1, 0.15) is 31.2 Å². The van der Waals surface area contributed by atoms with Crippen LogP contribution in [0.25, 0.3) is 0 Å². The number of hydrogen-bond acceptors (Lipinski definition) is 5. The van der Waals surface area contributed by atoms with Crippen molar-refractivity contribution in [2.75, 3.05) is 5.32 Å². The van der Waals surface area contributed by atoms with E-state index in [2.05, 4.69) is 10.3 Å². The highest BCUT2D eigenvalue weighted by Gasteiger charge is 2.27. The van der Waals surface area contributed by atoms with Crippen molar-refractivity contribution in [2.45, 2.75) is 44.8 Å². The van der Waals surface area contributed by atoms with E-state index in [0.29, 0.717) is 5.56 Å². The predicted octanol–water partition coefficient (Wildman–Crippen LogP) is 2.01. The summed E-state index contributed by atoms with van der Waals surface area (Å²) in [5, 5.41) is 23.9. The van der Waals surface area contributed by atoms with Crippen molar-refractivity contribution in [3.63, 3.8) is 0 Å². The molecule has 2 rings (SSSR count).